The Hall–Kier alpha value is -1.75. The Morgan fingerprint density at radius 2 is 1.93 bits per heavy atom. The van der Waals surface area contributed by atoms with E-state index < -0.39 is 10.0 Å². The number of carbonyl (C=O) groups excluding carboxylic acids is 1. The third kappa shape index (κ3) is 0.979. The molecule has 15 heavy (non-hydrogen) atoms. The minimum atomic E-state index is -3.59. The number of sulfonamides is 1. The van der Waals surface area contributed by atoms with Crippen LogP contribution in [0, 0.1) is 0 Å². The van der Waals surface area contributed by atoms with Crippen LogP contribution in [0.4, 0.5) is 0 Å². The molecule has 74 valence electrons. The van der Waals surface area contributed by atoms with E-state index in [-0.39, 0.29) is 10.7 Å². The quantitative estimate of drug-likeness (QED) is 0.652. The fourth-order valence-corrected chi connectivity index (χ4v) is 3.03. The molecule has 1 aromatic carbocycles. The summed E-state index contributed by atoms with van der Waals surface area (Å²) in [6, 6.07) is 4.64. The molecular weight excluding hydrogens is 214 g/mol. The van der Waals surface area contributed by atoms with E-state index in [1.54, 1.807) is 12.1 Å². The molecule has 0 aromatic heterocycles. The molecule has 1 aliphatic carbocycles. The summed E-state index contributed by atoms with van der Waals surface area (Å²) >= 11 is 0. The fourth-order valence-electron chi connectivity index (χ4n) is 1.80. The first-order chi connectivity index (χ1) is 7.09. The van der Waals surface area contributed by atoms with Crippen molar-refractivity contribution in [2.75, 3.05) is 0 Å². The summed E-state index contributed by atoms with van der Waals surface area (Å²) in [6.45, 7) is 0. The Morgan fingerprint density at radius 3 is 2.73 bits per heavy atom. The molecular formula is C10H5NO3S. The van der Waals surface area contributed by atoms with E-state index in [1.165, 1.54) is 18.2 Å². The molecule has 3 rings (SSSR count). The van der Waals surface area contributed by atoms with Crippen LogP contribution < -0.4 is 0 Å². The molecule has 0 atom stereocenters. The maximum atomic E-state index is 11.6. The fraction of sp³-hybridized carbons (Fsp3) is 0. The van der Waals surface area contributed by atoms with Gasteiger partial charge in [-0.2, -0.15) is 12.8 Å². The van der Waals surface area contributed by atoms with Crippen molar-refractivity contribution in [2.45, 2.75) is 4.90 Å². The van der Waals surface area contributed by atoms with Gasteiger partial charge in [0.15, 0.2) is 5.78 Å². The molecule has 0 fully saturated rings. The first kappa shape index (κ1) is 8.55. The van der Waals surface area contributed by atoms with Gasteiger partial charge < -0.3 is 0 Å². The van der Waals surface area contributed by atoms with Crippen LogP contribution in [0.15, 0.2) is 39.6 Å². The molecule has 0 amide bonds. The average molecular weight is 219 g/mol. The van der Waals surface area contributed by atoms with E-state index in [0.717, 1.165) is 0 Å². The molecule has 0 spiro atoms. The first-order valence-electron chi connectivity index (χ1n) is 4.30. The summed E-state index contributed by atoms with van der Waals surface area (Å²) in [4.78, 5) is 11.6. The molecule has 0 saturated heterocycles. The minimum absolute atomic E-state index is 0.132. The van der Waals surface area contributed by atoms with Crippen molar-refractivity contribution in [3.8, 4) is 0 Å². The van der Waals surface area contributed by atoms with Gasteiger partial charge in [-0.1, -0.05) is 12.1 Å². The summed E-state index contributed by atoms with van der Waals surface area (Å²) in [6.07, 6.45) is 2.78. The first-order valence-corrected chi connectivity index (χ1v) is 5.74. The van der Waals surface area contributed by atoms with E-state index >= 15 is 0 Å². The van der Waals surface area contributed by atoms with Crippen LogP contribution in [0.1, 0.15) is 15.9 Å². The highest BCUT2D eigenvalue weighted by atomic mass is 32.2. The van der Waals surface area contributed by atoms with Gasteiger partial charge in [0.2, 0.25) is 0 Å². The van der Waals surface area contributed by atoms with Crippen molar-refractivity contribution >= 4 is 21.5 Å². The molecule has 0 unspecified atom stereocenters. The third-order valence-electron chi connectivity index (χ3n) is 2.44. The van der Waals surface area contributed by atoms with Crippen LogP contribution >= 0.6 is 0 Å². The number of nitrogens with zero attached hydrogens (tertiary/aromatic N) is 1. The number of benzene rings is 1. The highest BCUT2D eigenvalue weighted by molar-refractivity contribution is 7.90. The zero-order chi connectivity index (χ0) is 10.6. The zero-order valence-electron chi connectivity index (χ0n) is 7.47. The summed E-state index contributed by atoms with van der Waals surface area (Å²) in [7, 11) is -3.59. The van der Waals surface area contributed by atoms with Gasteiger partial charge in [0.05, 0.1) is 10.6 Å². The van der Waals surface area contributed by atoms with Gasteiger partial charge in [0, 0.05) is 11.1 Å². The van der Waals surface area contributed by atoms with Crippen LogP contribution in [0.2, 0.25) is 0 Å². The molecule has 0 N–H and O–H groups in total. The van der Waals surface area contributed by atoms with Crippen LogP contribution in [0.3, 0.4) is 0 Å². The molecule has 1 heterocycles. The van der Waals surface area contributed by atoms with Crippen LogP contribution in [-0.4, -0.2) is 19.9 Å². The van der Waals surface area contributed by atoms with Gasteiger partial charge in [-0.3, -0.25) is 4.79 Å². The lowest BCUT2D eigenvalue weighted by Gasteiger charge is -2.08. The lowest BCUT2D eigenvalue weighted by molar-refractivity contribution is 0.104. The monoisotopic (exact) mass is 219 g/mol. The molecule has 1 aliphatic heterocycles. The van der Waals surface area contributed by atoms with Crippen LogP contribution in [0.5, 0.6) is 0 Å². The molecule has 0 radical (unpaired) electrons. The SMILES string of the molecule is O=C1C=CC2=NS(=O)(=O)c3cccc1c32. The van der Waals surface area contributed by atoms with Crippen molar-refractivity contribution < 1.29 is 13.2 Å². The van der Waals surface area contributed by atoms with E-state index in [1.807, 2.05) is 0 Å². The van der Waals surface area contributed by atoms with Gasteiger partial charge in [0.25, 0.3) is 10.0 Å². The van der Waals surface area contributed by atoms with Gasteiger partial charge in [-0.25, -0.2) is 0 Å². The minimum Gasteiger partial charge on any atom is -0.289 e. The van der Waals surface area contributed by atoms with E-state index in [2.05, 4.69) is 4.40 Å². The lowest BCUT2D eigenvalue weighted by atomic mass is 9.94. The van der Waals surface area contributed by atoms with Crippen molar-refractivity contribution in [3.05, 3.63) is 41.5 Å². The van der Waals surface area contributed by atoms with E-state index in [0.29, 0.717) is 16.8 Å². The Kier molecular flexibility index (Phi) is 1.39. The molecule has 4 nitrogen and oxygen atoms in total. The number of ketones is 1. The van der Waals surface area contributed by atoms with E-state index in [9.17, 15) is 13.2 Å². The second kappa shape index (κ2) is 2.43. The topological polar surface area (TPSA) is 63.6 Å². The summed E-state index contributed by atoms with van der Waals surface area (Å²) in [5.41, 5.74) is 1.22. The van der Waals surface area contributed by atoms with Gasteiger partial charge in [0.1, 0.15) is 0 Å². The highest BCUT2D eigenvalue weighted by Gasteiger charge is 2.32. The van der Waals surface area contributed by atoms with Crippen molar-refractivity contribution in [3.63, 3.8) is 0 Å². The van der Waals surface area contributed by atoms with Gasteiger partial charge >= 0.3 is 0 Å². The third-order valence-corrected chi connectivity index (χ3v) is 3.77. The molecule has 1 aromatic rings. The normalized spacial score (nSPS) is 20.0. The lowest BCUT2D eigenvalue weighted by Crippen LogP contribution is -2.10. The molecule has 2 aliphatic rings. The summed E-state index contributed by atoms with van der Waals surface area (Å²) in [5, 5.41) is 0. The molecule has 0 saturated carbocycles. The Morgan fingerprint density at radius 1 is 1.13 bits per heavy atom. The van der Waals surface area contributed by atoms with Gasteiger partial charge in [-0.15, -0.1) is 0 Å². The number of allylic oxidation sites excluding steroid dienone is 2. The predicted molar refractivity (Wildman–Crippen MR) is 53.6 cm³/mol. The molecule has 0 bridgehead atoms. The smallest absolute Gasteiger partial charge is 0.283 e. The maximum absolute atomic E-state index is 11.6. The van der Waals surface area contributed by atoms with Crippen LogP contribution in [0.25, 0.3) is 0 Å². The van der Waals surface area contributed by atoms with Crippen molar-refractivity contribution in [1.82, 2.24) is 0 Å². The summed E-state index contributed by atoms with van der Waals surface area (Å²) < 4.78 is 26.8. The average Bonchev–Trinajstić information content (AvgIpc) is 2.47. The van der Waals surface area contributed by atoms with E-state index in [4.69, 9.17) is 0 Å². The number of rotatable bonds is 0. The Bertz CT molecular complexity index is 653. The van der Waals surface area contributed by atoms with Gasteiger partial charge in [-0.05, 0) is 18.2 Å². The second-order valence-electron chi connectivity index (χ2n) is 3.33. The Labute approximate surface area is 86.0 Å². The van der Waals surface area contributed by atoms with Crippen molar-refractivity contribution in [1.29, 1.82) is 0 Å². The maximum Gasteiger partial charge on any atom is 0.283 e. The van der Waals surface area contributed by atoms with Crippen molar-refractivity contribution in [2.24, 2.45) is 4.40 Å². The zero-order valence-corrected chi connectivity index (χ0v) is 8.28. The number of hydrogen-bond acceptors (Lipinski definition) is 3. The highest BCUT2D eigenvalue weighted by Crippen LogP contribution is 2.31. The summed E-state index contributed by atoms with van der Waals surface area (Å²) in [5.74, 6) is -0.178. The second-order valence-corrected chi connectivity index (χ2v) is 4.90. The predicted octanol–water partition coefficient (Wildman–Crippen LogP) is 0.931. The standard InChI is InChI=1S/C10H5NO3S/c12-8-5-4-7-10-6(8)2-1-3-9(10)15(13,14)11-7/h1-5H. The van der Waals surface area contributed by atoms with Crippen LogP contribution in [-0.2, 0) is 10.0 Å². The number of carbonyl (C=O) groups is 1. The molecule has 5 heteroatoms. The largest absolute Gasteiger partial charge is 0.289 e. The number of hydrogen-bond donors (Lipinski definition) is 0. The Balaban J connectivity index is 2.52.